The fourth-order valence-electron chi connectivity index (χ4n) is 6.62. The molecule has 1 amide bonds. The van der Waals surface area contributed by atoms with E-state index in [-0.39, 0.29) is 56.3 Å². The lowest BCUT2D eigenvalue weighted by molar-refractivity contribution is -0.155. The quantitative estimate of drug-likeness (QED) is 0.170. The summed E-state index contributed by atoms with van der Waals surface area (Å²) in [7, 11) is -3.85. The Hall–Kier alpha value is -4.01. The van der Waals surface area contributed by atoms with Gasteiger partial charge in [0.2, 0.25) is 0 Å². The van der Waals surface area contributed by atoms with Crippen molar-refractivity contribution in [3.63, 3.8) is 0 Å². The van der Waals surface area contributed by atoms with E-state index in [0.717, 1.165) is 44.3 Å². The van der Waals surface area contributed by atoms with Crippen LogP contribution in [0, 0.1) is 0 Å². The van der Waals surface area contributed by atoms with Crippen molar-refractivity contribution in [2.75, 3.05) is 32.4 Å². The molecule has 1 aromatic heterocycles. The molecule has 1 atom stereocenters. The Morgan fingerprint density at radius 3 is 2.18 bits per heavy atom. The molecule has 1 aliphatic rings. The van der Waals surface area contributed by atoms with E-state index in [2.05, 4.69) is 29.0 Å². The van der Waals surface area contributed by atoms with Gasteiger partial charge in [0, 0.05) is 35.4 Å². The molecule has 1 N–H and O–H groups in total. The topological polar surface area (TPSA) is 82.6 Å². The van der Waals surface area contributed by atoms with Gasteiger partial charge in [0.25, 0.3) is 5.91 Å². The first kappa shape index (κ1) is 37.3. The van der Waals surface area contributed by atoms with Crippen LogP contribution in [-0.2, 0) is 22.6 Å². The lowest BCUT2D eigenvalue weighted by Crippen LogP contribution is -2.44. The summed E-state index contributed by atoms with van der Waals surface area (Å²) in [4.78, 5) is 23.1. The van der Waals surface area contributed by atoms with Gasteiger partial charge >= 0.3 is 12.4 Å². The van der Waals surface area contributed by atoms with Crippen LogP contribution in [0.1, 0.15) is 59.8 Å². The number of fused-ring (bicyclic) bond motifs is 1. The molecule has 1 fully saturated rings. The van der Waals surface area contributed by atoms with Crippen LogP contribution in [0.25, 0.3) is 22.2 Å². The van der Waals surface area contributed by atoms with Crippen molar-refractivity contribution >= 4 is 26.6 Å². The van der Waals surface area contributed by atoms with E-state index < -0.39 is 39.7 Å². The Balaban J connectivity index is 1.74. The molecule has 0 aliphatic carbocycles. The van der Waals surface area contributed by atoms with E-state index in [4.69, 9.17) is 0 Å². The van der Waals surface area contributed by atoms with Crippen molar-refractivity contribution in [1.29, 1.82) is 0 Å². The Bertz CT molecular complexity index is 1940. The zero-order chi connectivity index (χ0) is 36.4. The first-order chi connectivity index (χ1) is 23.5. The number of halogens is 6. The fraction of sp³-hybridized carbons (Fsp3) is 0.389. The van der Waals surface area contributed by atoms with Gasteiger partial charge in [0.05, 0.1) is 27.2 Å². The van der Waals surface area contributed by atoms with Gasteiger partial charge in [-0.1, -0.05) is 56.3 Å². The summed E-state index contributed by atoms with van der Waals surface area (Å²) in [5.41, 5.74) is -1.38. The monoisotopic (exact) mass is 720 g/mol. The number of sulfone groups is 1. The third kappa shape index (κ3) is 8.30. The SMILES string of the molecule is CCN(CC)C1CCN(Cc2c(-c3cccc(C(F)(F)F)c3)nc3ccc(S(C)(=O)=O)cc3c2C(=O)NC(c2ccccc2)C(F)(F)F)CC1. The lowest BCUT2D eigenvalue weighted by Gasteiger charge is -2.38. The predicted molar refractivity (Wildman–Crippen MR) is 179 cm³/mol. The first-order valence-corrected chi connectivity index (χ1v) is 18.1. The number of hydrogen-bond donors (Lipinski definition) is 1. The predicted octanol–water partition coefficient (Wildman–Crippen LogP) is 7.66. The highest BCUT2D eigenvalue weighted by atomic mass is 32.2. The summed E-state index contributed by atoms with van der Waals surface area (Å²) in [6.45, 7) is 6.89. The van der Waals surface area contributed by atoms with E-state index in [1.54, 1.807) is 0 Å². The van der Waals surface area contributed by atoms with E-state index >= 15 is 0 Å². The van der Waals surface area contributed by atoms with Crippen LogP contribution in [0.15, 0.2) is 77.7 Å². The number of carbonyl (C=O) groups excluding carboxylic acids is 1. The lowest BCUT2D eigenvalue weighted by atomic mass is 9.93. The third-order valence-corrected chi connectivity index (χ3v) is 10.3. The molecule has 1 unspecified atom stereocenters. The zero-order valence-electron chi connectivity index (χ0n) is 27.8. The van der Waals surface area contributed by atoms with Crippen molar-refractivity contribution in [3.05, 3.63) is 95.1 Å². The average molecular weight is 721 g/mol. The number of benzene rings is 3. The number of amides is 1. The smallest absolute Gasteiger partial charge is 0.337 e. The molecule has 1 saturated heterocycles. The van der Waals surface area contributed by atoms with Gasteiger partial charge in [0.1, 0.15) is 0 Å². The molecule has 0 radical (unpaired) electrons. The van der Waals surface area contributed by atoms with Crippen LogP contribution in [0.4, 0.5) is 26.3 Å². The zero-order valence-corrected chi connectivity index (χ0v) is 28.6. The molecule has 50 heavy (non-hydrogen) atoms. The number of hydrogen-bond acceptors (Lipinski definition) is 6. The molecule has 3 aromatic carbocycles. The summed E-state index contributed by atoms with van der Waals surface area (Å²) < 4.78 is 110. The second-order valence-electron chi connectivity index (χ2n) is 12.4. The number of likely N-dealkylation sites (tertiary alicyclic amines) is 1. The molecule has 268 valence electrons. The number of aromatic nitrogens is 1. The Labute approximate surface area is 287 Å². The van der Waals surface area contributed by atoms with Crippen LogP contribution in [0.2, 0.25) is 0 Å². The van der Waals surface area contributed by atoms with E-state index in [1.807, 2.05) is 4.90 Å². The maximum atomic E-state index is 14.5. The molecule has 7 nitrogen and oxygen atoms in total. The maximum absolute atomic E-state index is 14.5. The highest BCUT2D eigenvalue weighted by molar-refractivity contribution is 7.90. The second kappa shape index (κ2) is 14.7. The van der Waals surface area contributed by atoms with Crippen LogP contribution in [0.5, 0.6) is 0 Å². The Kier molecular flexibility index (Phi) is 10.9. The number of nitrogens with zero attached hydrogens (tertiary/aromatic N) is 3. The standard InChI is InChI=1S/C36H38F6N4O3S/c1-4-46(5-2)26-16-18-45(19-17-26)22-29-31(34(47)44-33(36(40,41)42)23-10-7-6-8-11-23)28-21-27(50(3,48)49)14-15-30(28)43-32(29)24-12-9-13-25(20-24)35(37,38)39/h6-15,20-21,26,33H,4-5,16-19,22H2,1-3H3,(H,44,47). The van der Waals surface area contributed by atoms with Crippen LogP contribution in [-0.4, -0.2) is 73.8 Å². The van der Waals surface area contributed by atoms with Gasteiger partial charge in [-0.15, -0.1) is 0 Å². The molecule has 4 aromatic rings. The molecule has 0 saturated carbocycles. The van der Waals surface area contributed by atoms with Gasteiger partial charge in [0.15, 0.2) is 15.9 Å². The molecular weight excluding hydrogens is 682 g/mol. The summed E-state index contributed by atoms with van der Waals surface area (Å²) in [6, 6.07) is 12.7. The van der Waals surface area contributed by atoms with E-state index in [9.17, 15) is 39.6 Å². The number of alkyl halides is 6. The average Bonchev–Trinajstić information content (AvgIpc) is 3.07. The van der Waals surface area contributed by atoms with Gasteiger partial charge in [-0.05, 0) is 74.9 Å². The summed E-state index contributed by atoms with van der Waals surface area (Å²) in [6.07, 6.45) is -7.17. The van der Waals surface area contributed by atoms with Gasteiger partial charge in [-0.25, -0.2) is 13.4 Å². The van der Waals surface area contributed by atoms with Gasteiger partial charge in [-0.2, -0.15) is 26.3 Å². The van der Waals surface area contributed by atoms with Crippen molar-refractivity contribution in [2.24, 2.45) is 0 Å². The molecule has 5 rings (SSSR count). The Morgan fingerprint density at radius 1 is 0.940 bits per heavy atom. The van der Waals surface area contributed by atoms with Crippen molar-refractivity contribution in [3.8, 4) is 11.3 Å². The third-order valence-electron chi connectivity index (χ3n) is 9.18. The molecule has 2 heterocycles. The highest BCUT2D eigenvalue weighted by Crippen LogP contribution is 2.38. The fourth-order valence-corrected chi connectivity index (χ4v) is 7.26. The minimum atomic E-state index is -4.92. The summed E-state index contributed by atoms with van der Waals surface area (Å²) in [5.74, 6) is -1.17. The van der Waals surface area contributed by atoms with Crippen LogP contribution < -0.4 is 5.32 Å². The first-order valence-electron chi connectivity index (χ1n) is 16.2. The Morgan fingerprint density at radius 2 is 1.60 bits per heavy atom. The molecule has 1 aliphatic heterocycles. The van der Waals surface area contributed by atoms with Gasteiger partial charge < -0.3 is 10.2 Å². The number of nitrogens with one attached hydrogen (secondary N) is 1. The maximum Gasteiger partial charge on any atom is 0.416 e. The van der Waals surface area contributed by atoms with Crippen LogP contribution in [0.3, 0.4) is 0 Å². The number of pyridine rings is 1. The molecular formula is C36H38F6N4O3S. The highest BCUT2D eigenvalue weighted by Gasteiger charge is 2.43. The minimum absolute atomic E-state index is 0.00595. The molecule has 0 bridgehead atoms. The van der Waals surface area contributed by atoms with Crippen molar-refractivity contribution in [2.45, 2.75) is 62.6 Å². The van der Waals surface area contributed by atoms with Crippen molar-refractivity contribution in [1.82, 2.24) is 20.1 Å². The summed E-state index contributed by atoms with van der Waals surface area (Å²) in [5, 5.41) is 2.08. The second-order valence-corrected chi connectivity index (χ2v) is 14.4. The minimum Gasteiger partial charge on any atom is -0.337 e. The van der Waals surface area contributed by atoms with Gasteiger partial charge in [-0.3, -0.25) is 9.69 Å². The number of carbonyl (C=O) groups is 1. The number of piperidine rings is 1. The van der Waals surface area contributed by atoms with E-state index in [0.29, 0.717) is 13.1 Å². The van der Waals surface area contributed by atoms with Crippen molar-refractivity contribution < 1.29 is 39.6 Å². The summed E-state index contributed by atoms with van der Waals surface area (Å²) >= 11 is 0. The number of rotatable bonds is 10. The largest absolute Gasteiger partial charge is 0.416 e. The molecule has 0 spiro atoms. The molecule has 14 heteroatoms. The van der Waals surface area contributed by atoms with Crippen LogP contribution >= 0.6 is 0 Å². The normalized spacial score (nSPS) is 15.8. The van der Waals surface area contributed by atoms with E-state index in [1.165, 1.54) is 60.7 Å².